The van der Waals surface area contributed by atoms with E-state index < -0.39 is 5.60 Å². The van der Waals surface area contributed by atoms with Gasteiger partial charge in [0.05, 0.1) is 0 Å². The zero-order chi connectivity index (χ0) is 16.4. The van der Waals surface area contributed by atoms with Crippen molar-refractivity contribution in [1.82, 2.24) is 9.80 Å². The molecule has 2 aliphatic rings. The fourth-order valence-corrected chi connectivity index (χ4v) is 3.76. The van der Waals surface area contributed by atoms with Gasteiger partial charge in [0.2, 0.25) is 0 Å². The molecule has 2 rings (SSSR count). The van der Waals surface area contributed by atoms with Gasteiger partial charge in [-0.3, -0.25) is 4.90 Å². The van der Waals surface area contributed by atoms with Crippen molar-refractivity contribution in [2.24, 2.45) is 0 Å². The second-order valence-electron chi connectivity index (χ2n) is 8.37. The number of nitrogens with zero attached hydrogens (tertiary/aromatic N) is 2. The lowest BCUT2D eigenvalue weighted by atomic mass is 9.84. The van der Waals surface area contributed by atoms with Crippen LogP contribution in [0, 0.1) is 0 Å². The maximum atomic E-state index is 12.2. The molecule has 0 aromatic carbocycles. The Morgan fingerprint density at radius 1 is 1.14 bits per heavy atom. The number of likely N-dealkylation sites (tertiary alicyclic amines) is 1. The summed E-state index contributed by atoms with van der Waals surface area (Å²) in [5, 5.41) is 0. The molecular weight excluding hydrogens is 276 g/mol. The summed E-state index contributed by atoms with van der Waals surface area (Å²) in [5.41, 5.74) is -0.183. The van der Waals surface area contributed by atoms with E-state index in [4.69, 9.17) is 4.74 Å². The summed E-state index contributed by atoms with van der Waals surface area (Å²) < 4.78 is 5.50. The molecule has 0 bridgehead atoms. The summed E-state index contributed by atoms with van der Waals surface area (Å²) in [5.74, 6) is 0. The SMILES string of the molecule is CN(C1CCCCC1)C1(C)CCN(C(=O)OC(C)(C)C)CC1. The number of amides is 1. The summed E-state index contributed by atoms with van der Waals surface area (Å²) in [7, 11) is 2.29. The fraction of sp³-hybridized carbons (Fsp3) is 0.944. The molecule has 0 unspecified atom stereocenters. The zero-order valence-electron chi connectivity index (χ0n) is 15.2. The highest BCUT2D eigenvalue weighted by molar-refractivity contribution is 5.68. The summed E-state index contributed by atoms with van der Waals surface area (Å²) >= 11 is 0. The minimum Gasteiger partial charge on any atom is -0.444 e. The van der Waals surface area contributed by atoms with Gasteiger partial charge in [-0.1, -0.05) is 19.3 Å². The molecule has 0 spiro atoms. The molecular formula is C18H34N2O2. The van der Waals surface area contributed by atoms with Gasteiger partial charge in [0.15, 0.2) is 0 Å². The minimum absolute atomic E-state index is 0.158. The summed E-state index contributed by atoms with van der Waals surface area (Å²) in [4.78, 5) is 16.7. The Bertz CT molecular complexity index is 375. The lowest BCUT2D eigenvalue weighted by molar-refractivity contribution is -0.00995. The number of hydrogen-bond acceptors (Lipinski definition) is 3. The third kappa shape index (κ3) is 4.37. The van der Waals surface area contributed by atoms with E-state index in [-0.39, 0.29) is 11.6 Å². The highest BCUT2D eigenvalue weighted by Crippen LogP contribution is 2.33. The van der Waals surface area contributed by atoms with Crippen LogP contribution in [0.1, 0.15) is 72.6 Å². The molecule has 0 aromatic heterocycles. The predicted molar refractivity (Wildman–Crippen MR) is 90.1 cm³/mol. The maximum Gasteiger partial charge on any atom is 0.410 e. The Morgan fingerprint density at radius 2 is 1.68 bits per heavy atom. The number of rotatable bonds is 2. The largest absolute Gasteiger partial charge is 0.444 e. The van der Waals surface area contributed by atoms with Crippen LogP contribution >= 0.6 is 0 Å². The average molecular weight is 310 g/mol. The Hall–Kier alpha value is -0.770. The van der Waals surface area contributed by atoms with E-state index in [9.17, 15) is 4.79 Å². The van der Waals surface area contributed by atoms with Gasteiger partial charge in [-0.2, -0.15) is 0 Å². The molecule has 0 radical (unpaired) electrons. The lowest BCUT2D eigenvalue weighted by Gasteiger charge is -2.49. The first-order chi connectivity index (χ1) is 10.2. The van der Waals surface area contributed by atoms with Gasteiger partial charge in [0.1, 0.15) is 5.60 Å². The molecule has 1 aliphatic carbocycles. The quantitative estimate of drug-likeness (QED) is 0.771. The molecule has 1 saturated carbocycles. The first-order valence-electron chi connectivity index (χ1n) is 8.92. The second-order valence-corrected chi connectivity index (χ2v) is 8.37. The van der Waals surface area contributed by atoms with Crippen molar-refractivity contribution in [3.8, 4) is 0 Å². The van der Waals surface area contributed by atoms with Gasteiger partial charge in [-0.15, -0.1) is 0 Å². The van der Waals surface area contributed by atoms with Crippen molar-refractivity contribution in [2.75, 3.05) is 20.1 Å². The molecule has 1 saturated heterocycles. The molecule has 128 valence electrons. The van der Waals surface area contributed by atoms with Gasteiger partial charge in [0, 0.05) is 24.7 Å². The van der Waals surface area contributed by atoms with E-state index >= 15 is 0 Å². The highest BCUT2D eigenvalue weighted by atomic mass is 16.6. The van der Waals surface area contributed by atoms with Gasteiger partial charge in [0.25, 0.3) is 0 Å². The second kappa shape index (κ2) is 6.77. The minimum atomic E-state index is -0.406. The average Bonchev–Trinajstić information content (AvgIpc) is 2.46. The molecule has 0 aromatic rings. The lowest BCUT2D eigenvalue weighted by Crippen LogP contribution is -2.56. The van der Waals surface area contributed by atoms with Crippen LogP contribution in [0.2, 0.25) is 0 Å². The van der Waals surface area contributed by atoms with Crippen molar-refractivity contribution in [3.63, 3.8) is 0 Å². The third-order valence-corrected chi connectivity index (χ3v) is 5.47. The molecule has 1 amide bonds. The van der Waals surface area contributed by atoms with Gasteiger partial charge in [-0.05, 0) is 60.4 Å². The molecule has 4 nitrogen and oxygen atoms in total. The van der Waals surface area contributed by atoms with E-state index in [0.717, 1.165) is 32.0 Å². The molecule has 0 N–H and O–H groups in total. The maximum absolute atomic E-state index is 12.2. The third-order valence-electron chi connectivity index (χ3n) is 5.47. The van der Waals surface area contributed by atoms with Gasteiger partial charge < -0.3 is 9.64 Å². The van der Waals surface area contributed by atoms with Crippen LogP contribution in [-0.2, 0) is 4.74 Å². The number of carbonyl (C=O) groups excluding carboxylic acids is 1. The van der Waals surface area contributed by atoms with Crippen LogP contribution < -0.4 is 0 Å². The Balaban J connectivity index is 1.88. The molecule has 1 heterocycles. The van der Waals surface area contributed by atoms with Crippen LogP contribution in [0.25, 0.3) is 0 Å². The summed E-state index contributed by atoms with van der Waals surface area (Å²) in [6, 6.07) is 0.729. The van der Waals surface area contributed by atoms with E-state index in [2.05, 4.69) is 18.9 Å². The zero-order valence-corrected chi connectivity index (χ0v) is 15.2. The Labute approximate surface area is 136 Å². The first kappa shape index (κ1) is 17.6. The van der Waals surface area contributed by atoms with E-state index in [1.54, 1.807) is 0 Å². The summed E-state index contributed by atoms with van der Waals surface area (Å²) in [6.07, 6.45) is 8.73. The topological polar surface area (TPSA) is 32.8 Å². The standard InChI is InChI=1S/C18H34N2O2/c1-17(2,3)22-16(21)20-13-11-18(4,12-14-20)19(5)15-9-7-6-8-10-15/h15H,6-14H2,1-5H3. The number of piperidine rings is 1. The van der Waals surface area contributed by atoms with Crippen molar-refractivity contribution in [2.45, 2.75) is 89.8 Å². The van der Waals surface area contributed by atoms with Crippen molar-refractivity contribution < 1.29 is 9.53 Å². The smallest absolute Gasteiger partial charge is 0.410 e. The number of carbonyl (C=O) groups is 1. The van der Waals surface area contributed by atoms with Crippen molar-refractivity contribution in [1.29, 1.82) is 0 Å². The van der Waals surface area contributed by atoms with Crippen LogP contribution in [0.15, 0.2) is 0 Å². The fourth-order valence-electron chi connectivity index (χ4n) is 3.76. The normalized spacial score (nSPS) is 23.6. The van der Waals surface area contributed by atoms with Crippen molar-refractivity contribution in [3.05, 3.63) is 0 Å². The molecule has 4 heteroatoms. The van der Waals surface area contributed by atoms with Crippen LogP contribution in [-0.4, -0.2) is 53.2 Å². The van der Waals surface area contributed by atoms with Crippen molar-refractivity contribution >= 4 is 6.09 Å². The van der Waals surface area contributed by atoms with E-state index in [1.807, 2.05) is 25.7 Å². The monoisotopic (exact) mass is 310 g/mol. The molecule has 22 heavy (non-hydrogen) atoms. The highest BCUT2D eigenvalue weighted by Gasteiger charge is 2.39. The van der Waals surface area contributed by atoms with E-state index in [0.29, 0.717) is 0 Å². The summed E-state index contributed by atoms with van der Waals surface area (Å²) in [6.45, 7) is 9.76. The predicted octanol–water partition coefficient (Wildman–Crippen LogP) is 4.04. The Morgan fingerprint density at radius 3 is 2.18 bits per heavy atom. The molecule has 2 fully saturated rings. The van der Waals surface area contributed by atoms with Crippen LogP contribution in [0.3, 0.4) is 0 Å². The van der Waals surface area contributed by atoms with Crippen LogP contribution in [0.4, 0.5) is 4.79 Å². The first-order valence-corrected chi connectivity index (χ1v) is 8.92. The molecule has 0 atom stereocenters. The Kier molecular flexibility index (Phi) is 5.41. The van der Waals surface area contributed by atoms with Gasteiger partial charge in [-0.25, -0.2) is 4.79 Å². The molecule has 1 aliphatic heterocycles. The van der Waals surface area contributed by atoms with Crippen LogP contribution in [0.5, 0.6) is 0 Å². The van der Waals surface area contributed by atoms with E-state index in [1.165, 1.54) is 32.1 Å². The number of hydrogen-bond donors (Lipinski definition) is 0. The number of ether oxygens (including phenoxy) is 1. The van der Waals surface area contributed by atoms with Gasteiger partial charge >= 0.3 is 6.09 Å².